The lowest BCUT2D eigenvalue weighted by molar-refractivity contribution is 0.506. The van der Waals surface area contributed by atoms with Crippen molar-refractivity contribution in [2.75, 3.05) is 11.9 Å². The average Bonchev–Trinajstić information content (AvgIpc) is 3.16. The van der Waals surface area contributed by atoms with Gasteiger partial charge in [0, 0.05) is 41.2 Å². The van der Waals surface area contributed by atoms with Gasteiger partial charge in [0.15, 0.2) is 0 Å². The SMILES string of the molecule is CN1C(=CN=Nc2ccc3oc4c(c3c2)CCCC4)C(C)(C)c2ccccc21. The number of likely N-dealkylation sites (N-methyl/N-ethyl adjacent to an activating group) is 1. The Morgan fingerprint density at radius 2 is 1.89 bits per heavy atom. The van der Waals surface area contributed by atoms with E-state index in [2.05, 4.69) is 66.4 Å². The van der Waals surface area contributed by atoms with Crippen LogP contribution in [0.3, 0.4) is 0 Å². The Hall–Kier alpha value is -2.88. The third kappa shape index (κ3) is 2.59. The predicted molar refractivity (Wildman–Crippen MR) is 113 cm³/mol. The molecule has 0 bridgehead atoms. The highest BCUT2D eigenvalue weighted by atomic mass is 16.3. The Bertz CT molecular complexity index is 1120. The summed E-state index contributed by atoms with van der Waals surface area (Å²) in [6, 6.07) is 14.7. The summed E-state index contributed by atoms with van der Waals surface area (Å²) in [6.07, 6.45) is 6.51. The largest absolute Gasteiger partial charge is 0.461 e. The van der Waals surface area contributed by atoms with Crippen LogP contribution in [0.15, 0.2) is 69.0 Å². The summed E-state index contributed by atoms with van der Waals surface area (Å²) >= 11 is 0. The second-order valence-corrected chi connectivity index (χ2v) is 8.32. The van der Waals surface area contributed by atoms with Crippen molar-refractivity contribution < 1.29 is 4.42 Å². The minimum atomic E-state index is -0.0854. The minimum Gasteiger partial charge on any atom is -0.461 e. The Balaban J connectivity index is 1.47. The standard InChI is InChI=1S/C24H25N3O/c1-24(2)19-9-5-6-10-20(19)27(3)23(24)15-25-26-16-12-13-22-18(14-16)17-8-4-7-11-21(17)28-22/h5-6,9-10,12-15H,4,7-8,11H2,1-3H3. The number of para-hydroxylation sites is 1. The van der Waals surface area contributed by atoms with Gasteiger partial charge in [-0.05, 0) is 49.1 Å². The average molecular weight is 371 g/mol. The number of aryl methyl sites for hydroxylation is 2. The Morgan fingerprint density at radius 3 is 2.75 bits per heavy atom. The van der Waals surface area contributed by atoms with Crippen LogP contribution in [0, 0.1) is 0 Å². The Labute approximate surface area is 165 Å². The second kappa shape index (κ2) is 6.33. The Morgan fingerprint density at radius 1 is 1.07 bits per heavy atom. The van der Waals surface area contributed by atoms with Crippen molar-refractivity contribution in [3.05, 3.63) is 71.2 Å². The number of allylic oxidation sites excluding steroid dienone is 1. The van der Waals surface area contributed by atoms with Crippen LogP contribution >= 0.6 is 0 Å². The van der Waals surface area contributed by atoms with Crippen molar-refractivity contribution in [1.29, 1.82) is 0 Å². The molecule has 2 aromatic carbocycles. The first-order valence-electron chi connectivity index (χ1n) is 10.0. The molecule has 142 valence electrons. The van der Waals surface area contributed by atoms with E-state index in [0.29, 0.717) is 0 Å². The first kappa shape index (κ1) is 17.2. The van der Waals surface area contributed by atoms with Gasteiger partial charge in [-0.15, -0.1) is 0 Å². The molecule has 0 amide bonds. The molecule has 5 rings (SSSR count). The molecule has 28 heavy (non-hydrogen) atoms. The van der Waals surface area contributed by atoms with Gasteiger partial charge >= 0.3 is 0 Å². The van der Waals surface area contributed by atoms with E-state index in [9.17, 15) is 0 Å². The maximum absolute atomic E-state index is 6.02. The molecule has 3 aromatic rings. The van der Waals surface area contributed by atoms with E-state index in [1.165, 1.54) is 35.0 Å². The maximum Gasteiger partial charge on any atom is 0.134 e. The summed E-state index contributed by atoms with van der Waals surface area (Å²) in [5.74, 6) is 1.16. The summed E-state index contributed by atoms with van der Waals surface area (Å²) < 4.78 is 6.02. The van der Waals surface area contributed by atoms with E-state index >= 15 is 0 Å². The number of benzene rings is 2. The molecule has 0 fully saturated rings. The van der Waals surface area contributed by atoms with Crippen molar-refractivity contribution in [3.63, 3.8) is 0 Å². The molecule has 0 atom stereocenters. The van der Waals surface area contributed by atoms with Crippen LogP contribution in [0.4, 0.5) is 11.4 Å². The van der Waals surface area contributed by atoms with Gasteiger partial charge in [0.2, 0.25) is 0 Å². The fourth-order valence-corrected chi connectivity index (χ4v) is 4.69. The molecule has 0 saturated heterocycles. The van der Waals surface area contributed by atoms with Gasteiger partial charge in [-0.1, -0.05) is 32.0 Å². The van der Waals surface area contributed by atoms with Crippen LogP contribution in [0.25, 0.3) is 11.0 Å². The van der Waals surface area contributed by atoms with Gasteiger partial charge in [-0.3, -0.25) is 0 Å². The molecular weight excluding hydrogens is 346 g/mol. The molecule has 0 unspecified atom stereocenters. The van der Waals surface area contributed by atoms with Crippen LogP contribution in [-0.2, 0) is 18.3 Å². The third-order valence-corrected chi connectivity index (χ3v) is 6.23. The van der Waals surface area contributed by atoms with Crippen molar-refractivity contribution in [3.8, 4) is 0 Å². The number of rotatable bonds is 2. The fraction of sp³-hybridized carbons (Fsp3) is 0.333. The molecular formula is C24H25N3O. The van der Waals surface area contributed by atoms with Gasteiger partial charge in [0.1, 0.15) is 11.3 Å². The highest BCUT2D eigenvalue weighted by Gasteiger charge is 2.38. The molecule has 1 aliphatic heterocycles. The number of hydrogen-bond donors (Lipinski definition) is 0. The van der Waals surface area contributed by atoms with Gasteiger partial charge in [0.25, 0.3) is 0 Å². The van der Waals surface area contributed by atoms with Crippen LogP contribution in [0.1, 0.15) is 43.6 Å². The minimum absolute atomic E-state index is 0.0854. The van der Waals surface area contributed by atoms with Crippen LogP contribution in [-0.4, -0.2) is 7.05 Å². The maximum atomic E-state index is 6.02. The van der Waals surface area contributed by atoms with E-state index in [0.717, 1.165) is 35.6 Å². The summed E-state index contributed by atoms with van der Waals surface area (Å²) in [5, 5.41) is 10.1. The molecule has 4 heteroatoms. The highest BCUT2D eigenvalue weighted by molar-refractivity contribution is 5.85. The van der Waals surface area contributed by atoms with Gasteiger partial charge in [0.05, 0.1) is 11.9 Å². The lowest BCUT2D eigenvalue weighted by Gasteiger charge is -2.22. The Kier molecular flexibility index (Phi) is 3.90. The molecule has 1 aromatic heterocycles. The summed E-state index contributed by atoms with van der Waals surface area (Å²) in [6.45, 7) is 4.47. The molecule has 0 radical (unpaired) electrons. The zero-order valence-corrected chi connectivity index (χ0v) is 16.7. The molecule has 4 nitrogen and oxygen atoms in total. The zero-order valence-electron chi connectivity index (χ0n) is 16.7. The van der Waals surface area contributed by atoms with Crippen molar-refractivity contribution in [1.82, 2.24) is 0 Å². The number of furan rings is 1. The summed E-state index contributed by atoms with van der Waals surface area (Å²) in [5.41, 5.74) is 6.83. The molecule has 2 aliphatic rings. The predicted octanol–water partition coefficient (Wildman–Crippen LogP) is 6.66. The summed E-state index contributed by atoms with van der Waals surface area (Å²) in [7, 11) is 2.10. The van der Waals surface area contributed by atoms with Crippen LogP contribution in [0.2, 0.25) is 0 Å². The molecule has 0 saturated carbocycles. The van der Waals surface area contributed by atoms with Crippen molar-refractivity contribution >= 4 is 22.3 Å². The van der Waals surface area contributed by atoms with Crippen LogP contribution < -0.4 is 4.90 Å². The van der Waals surface area contributed by atoms with Gasteiger partial charge in [-0.2, -0.15) is 10.2 Å². The topological polar surface area (TPSA) is 41.1 Å². The van der Waals surface area contributed by atoms with Gasteiger partial charge in [-0.25, -0.2) is 0 Å². The van der Waals surface area contributed by atoms with E-state index < -0.39 is 0 Å². The molecule has 1 aliphatic carbocycles. The monoisotopic (exact) mass is 371 g/mol. The first-order valence-corrected chi connectivity index (χ1v) is 10.0. The number of hydrogen-bond acceptors (Lipinski definition) is 4. The second-order valence-electron chi connectivity index (χ2n) is 8.32. The fourth-order valence-electron chi connectivity index (χ4n) is 4.69. The summed E-state index contributed by atoms with van der Waals surface area (Å²) in [4.78, 5) is 2.21. The van der Waals surface area contributed by atoms with Crippen LogP contribution in [0.5, 0.6) is 0 Å². The van der Waals surface area contributed by atoms with Crippen molar-refractivity contribution in [2.45, 2.75) is 44.9 Å². The molecule has 2 heterocycles. The number of fused-ring (bicyclic) bond motifs is 4. The zero-order chi connectivity index (χ0) is 19.3. The quantitative estimate of drug-likeness (QED) is 0.472. The number of azo groups is 1. The van der Waals surface area contributed by atoms with E-state index in [4.69, 9.17) is 4.42 Å². The number of nitrogens with zero attached hydrogens (tertiary/aromatic N) is 3. The first-order chi connectivity index (χ1) is 13.6. The lowest BCUT2D eigenvalue weighted by Crippen LogP contribution is -2.22. The molecule has 0 N–H and O–H groups in total. The lowest BCUT2D eigenvalue weighted by atomic mass is 9.84. The third-order valence-electron chi connectivity index (χ3n) is 6.23. The smallest absolute Gasteiger partial charge is 0.134 e. The van der Waals surface area contributed by atoms with E-state index in [1.807, 2.05) is 18.3 Å². The van der Waals surface area contributed by atoms with Gasteiger partial charge < -0.3 is 9.32 Å². The highest BCUT2D eigenvalue weighted by Crippen LogP contribution is 2.46. The van der Waals surface area contributed by atoms with Crippen molar-refractivity contribution in [2.24, 2.45) is 10.2 Å². The van der Waals surface area contributed by atoms with E-state index in [1.54, 1.807) is 0 Å². The normalized spacial score (nSPS) is 19.5. The number of anilines is 1. The molecule has 0 spiro atoms. The van der Waals surface area contributed by atoms with E-state index in [-0.39, 0.29) is 5.41 Å².